The lowest BCUT2D eigenvalue weighted by atomic mass is 10.2. The van der Waals surface area contributed by atoms with Crippen LogP contribution in [0.15, 0.2) is 0 Å². The van der Waals surface area contributed by atoms with Gasteiger partial charge in [0.1, 0.15) is 0 Å². The maximum Gasteiger partial charge on any atom is 0.303 e. The molecule has 0 fully saturated rings. The molecule has 0 heterocycles. The number of aliphatic carboxylic acids is 1. The summed E-state index contributed by atoms with van der Waals surface area (Å²) in [6.45, 7) is 6.52. The van der Waals surface area contributed by atoms with Gasteiger partial charge in [0.2, 0.25) is 5.91 Å². The first-order chi connectivity index (χ1) is 7.60. The fraction of sp³-hybridized carbons (Fsp3) is 0.818. The van der Waals surface area contributed by atoms with Crippen molar-refractivity contribution in [3.8, 4) is 0 Å². The second-order valence-electron chi connectivity index (χ2n) is 3.67. The molecule has 5 heteroatoms. The average Bonchev–Trinajstić information content (AvgIpc) is 2.22. The van der Waals surface area contributed by atoms with Crippen molar-refractivity contribution in [3.63, 3.8) is 0 Å². The Labute approximate surface area is 96.8 Å². The topological polar surface area (TPSA) is 69.6 Å². The van der Waals surface area contributed by atoms with E-state index in [2.05, 4.69) is 5.32 Å². The predicted molar refractivity (Wildman–Crippen MR) is 62.3 cm³/mol. The number of unbranched alkanes of at least 4 members (excludes halogenated alkanes) is 1. The summed E-state index contributed by atoms with van der Waals surface area (Å²) < 4.78 is 0. The van der Waals surface area contributed by atoms with Crippen LogP contribution in [0.1, 0.15) is 33.1 Å². The van der Waals surface area contributed by atoms with Gasteiger partial charge in [0.15, 0.2) is 0 Å². The second-order valence-corrected chi connectivity index (χ2v) is 3.67. The zero-order valence-electron chi connectivity index (χ0n) is 10.2. The Morgan fingerprint density at radius 1 is 1.25 bits per heavy atom. The van der Waals surface area contributed by atoms with E-state index >= 15 is 0 Å². The number of nitrogens with zero attached hydrogens (tertiary/aromatic N) is 1. The Balaban J connectivity index is 3.66. The van der Waals surface area contributed by atoms with Crippen molar-refractivity contribution in [2.24, 2.45) is 0 Å². The normalized spacial score (nSPS) is 10.4. The maximum atomic E-state index is 11.3. The van der Waals surface area contributed by atoms with Gasteiger partial charge in [0.25, 0.3) is 0 Å². The molecule has 0 aromatic rings. The molecule has 94 valence electrons. The fourth-order valence-corrected chi connectivity index (χ4v) is 1.42. The number of hydrogen-bond donors (Lipinski definition) is 2. The molecule has 0 aromatic heterocycles. The van der Waals surface area contributed by atoms with E-state index in [1.807, 2.05) is 18.7 Å². The molecule has 0 aliphatic rings. The molecule has 0 aliphatic heterocycles. The van der Waals surface area contributed by atoms with Crippen LogP contribution in [-0.4, -0.2) is 48.1 Å². The van der Waals surface area contributed by atoms with Crippen molar-refractivity contribution in [3.05, 3.63) is 0 Å². The van der Waals surface area contributed by atoms with Crippen LogP contribution in [0.25, 0.3) is 0 Å². The van der Waals surface area contributed by atoms with Gasteiger partial charge in [-0.05, 0) is 32.9 Å². The molecule has 0 aromatic carbocycles. The van der Waals surface area contributed by atoms with Crippen LogP contribution in [0.2, 0.25) is 0 Å². The van der Waals surface area contributed by atoms with E-state index in [1.165, 1.54) is 0 Å². The summed E-state index contributed by atoms with van der Waals surface area (Å²) in [7, 11) is 0. The fourth-order valence-electron chi connectivity index (χ4n) is 1.42. The van der Waals surface area contributed by atoms with E-state index in [9.17, 15) is 9.59 Å². The van der Waals surface area contributed by atoms with E-state index in [4.69, 9.17) is 5.11 Å². The van der Waals surface area contributed by atoms with Gasteiger partial charge in [-0.25, -0.2) is 0 Å². The lowest BCUT2D eigenvalue weighted by molar-refractivity contribution is -0.137. The number of carbonyl (C=O) groups excluding carboxylic acids is 1. The van der Waals surface area contributed by atoms with Crippen molar-refractivity contribution in [1.82, 2.24) is 10.2 Å². The standard InChI is InChI=1S/C11H22N2O3/c1-3-12-10(14)9-13(4-2)8-6-5-7-11(15)16/h3-9H2,1-2H3,(H,12,14)(H,15,16). The Morgan fingerprint density at radius 2 is 1.94 bits per heavy atom. The van der Waals surface area contributed by atoms with Gasteiger partial charge in [-0.15, -0.1) is 0 Å². The first kappa shape index (κ1) is 14.9. The van der Waals surface area contributed by atoms with E-state index in [1.54, 1.807) is 0 Å². The highest BCUT2D eigenvalue weighted by Crippen LogP contribution is 1.98. The van der Waals surface area contributed by atoms with Crippen LogP contribution in [-0.2, 0) is 9.59 Å². The summed E-state index contributed by atoms with van der Waals surface area (Å²) in [6.07, 6.45) is 1.69. The first-order valence-corrected chi connectivity index (χ1v) is 5.81. The van der Waals surface area contributed by atoms with Crippen LogP contribution < -0.4 is 5.32 Å². The highest BCUT2D eigenvalue weighted by Gasteiger charge is 2.07. The van der Waals surface area contributed by atoms with Crippen LogP contribution in [0.3, 0.4) is 0 Å². The van der Waals surface area contributed by atoms with E-state index in [0.29, 0.717) is 19.5 Å². The summed E-state index contributed by atoms with van der Waals surface area (Å²) in [5.74, 6) is -0.727. The second kappa shape index (κ2) is 9.15. The molecule has 16 heavy (non-hydrogen) atoms. The molecule has 2 N–H and O–H groups in total. The van der Waals surface area contributed by atoms with Gasteiger partial charge in [-0.3, -0.25) is 14.5 Å². The molecule has 0 saturated heterocycles. The smallest absolute Gasteiger partial charge is 0.303 e. The molecule has 0 unspecified atom stereocenters. The van der Waals surface area contributed by atoms with E-state index in [0.717, 1.165) is 19.5 Å². The highest BCUT2D eigenvalue weighted by molar-refractivity contribution is 5.77. The molecule has 1 amide bonds. The third kappa shape index (κ3) is 8.23. The van der Waals surface area contributed by atoms with Gasteiger partial charge in [-0.1, -0.05) is 6.92 Å². The maximum absolute atomic E-state index is 11.3. The van der Waals surface area contributed by atoms with E-state index in [-0.39, 0.29) is 12.3 Å². The average molecular weight is 230 g/mol. The SMILES string of the molecule is CCNC(=O)CN(CC)CCCCC(=O)O. The Hall–Kier alpha value is -1.10. The number of nitrogens with one attached hydrogen (secondary N) is 1. The number of likely N-dealkylation sites (N-methyl/N-ethyl adjacent to an activating group) is 2. The largest absolute Gasteiger partial charge is 0.481 e. The van der Waals surface area contributed by atoms with Crippen LogP contribution in [0.4, 0.5) is 0 Å². The summed E-state index contributed by atoms with van der Waals surface area (Å²) in [5.41, 5.74) is 0. The van der Waals surface area contributed by atoms with E-state index < -0.39 is 5.97 Å². The Bertz CT molecular complexity index is 219. The number of rotatable bonds is 9. The van der Waals surface area contributed by atoms with Gasteiger partial charge < -0.3 is 10.4 Å². The molecule has 0 rings (SSSR count). The number of carbonyl (C=O) groups is 2. The molecular formula is C11H22N2O3. The molecule has 5 nitrogen and oxygen atoms in total. The molecule has 0 atom stereocenters. The number of amides is 1. The quantitative estimate of drug-likeness (QED) is 0.572. The number of carboxylic acid groups (broad SMARTS) is 1. The summed E-state index contributed by atoms with van der Waals surface area (Å²) in [4.78, 5) is 23.6. The van der Waals surface area contributed by atoms with Crippen molar-refractivity contribution in [2.45, 2.75) is 33.1 Å². The monoisotopic (exact) mass is 230 g/mol. The summed E-state index contributed by atoms with van der Waals surface area (Å²) in [6, 6.07) is 0. The van der Waals surface area contributed by atoms with Crippen LogP contribution in [0, 0.1) is 0 Å². The van der Waals surface area contributed by atoms with Crippen molar-refractivity contribution < 1.29 is 14.7 Å². The first-order valence-electron chi connectivity index (χ1n) is 5.81. The lowest BCUT2D eigenvalue weighted by Crippen LogP contribution is -2.37. The molecule has 0 aliphatic carbocycles. The van der Waals surface area contributed by atoms with Gasteiger partial charge in [0.05, 0.1) is 6.54 Å². The highest BCUT2D eigenvalue weighted by atomic mass is 16.4. The van der Waals surface area contributed by atoms with Crippen molar-refractivity contribution in [2.75, 3.05) is 26.2 Å². The van der Waals surface area contributed by atoms with Crippen LogP contribution in [0.5, 0.6) is 0 Å². The molecule has 0 spiro atoms. The van der Waals surface area contributed by atoms with Gasteiger partial charge >= 0.3 is 5.97 Å². The van der Waals surface area contributed by atoms with Crippen LogP contribution >= 0.6 is 0 Å². The molecule has 0 radical (unpaired) electrons. The zero-order valence-corrected chi connectivity index (χ0v) is 10.2. The number of carboxylic acids is 1. The zero-order chi connectivity index (χ0) is 12.4. The minimum absolute atomic E-state index is 0.0302. The molecule has 0 bridgehead atoms. The number of hydrogen-bond acceptors (Lipinski definition) is 3. The predicted octanol–water partition coefficient (Wildman–Crippen LogP) is 0.699. The summed E-state index contributed by atoms with van der Waals surface area (Å²) >= 11 is 0. The minimum Gasteiger partial charge on any atom is -0.481 e. The Morgan fingerprint density at radius 3 is 2.44 bits per heavy atom. The lowest BCUT2D eigenvalue weighted by Gasteiger charge is -2.19. The third-order valence-electron chi connectivity index (χ3n) is 2.30. The van der Waals surface area contributed by atoms with Gasteiger partial charge in [0, 0.05) is 13.0 Å². The van der Waals surface area contributed by atoms with Gasteiger partial charge in [-0.2, -0.15) is 0 Å². The molecular weight excluding hydrogens is 208 g/mol. The van der Waals surface area contributed by atoms with Crippen molar-refractivity contribution in [1.29, 1.82) is 0 Å². The summed E-state index contributed by atoms with van der Waals surface area (Å²) in [5, 5.41) is 11.2. The third-order valence-corrected chi connectivity index (χ3v) is 2.30. The molecule has 0 saturated carbocycles. The Kier molecular flexibility index (Phi) is 8.52. The van der Waals surface area contributed by atoms with Crippen molar-refractivity contribution >= 4 is 11.9 Å². The minimum atomic E-state index is -0.758.